The molecular formula is C15H28N4. The zero-order chi connectivity index (χ0) is 13.8. The number of rotatable bonds is 6. The molecule has 1 saturated heterocycles. The Hall–Kier alpha value is -0.870. The zero-order valence-corrected chi connectivity index (χ0v) is 12.8. The third kappa shape index (κ3) is 4.05. The number of hydrogen-bond acceptors (Lipinski definition) is 3. The van der Waals surface area contributed by atoms with E-state index in [1.165, 1.54) is 37.2 Å². The van der Waals surface area contributed by atoms with Gasteiger partial charge in [-0.05, 0) is 38.8 Å². The molecule has 1 fully saturated rings. The van der Waals surface area contributed by atoms with Gasteiger partial charge in [0.1, 0.15) is 0 Å². The Morgan fingerprint density at radius 2 is 1.95 bits per heavy atom. The smallest absolute Gasteiger partial charge is 0.0694 e. The largest absolute Gasteiger partial charge is 0.309 e. The Morgan fingerprint density at radius 3 is 2.58 bits per heavy atom. The second kappa shape index (κ2) is 6.53. The summed E-state index contributed by atoms with van der Waals surface area (Å²) in [4.78, 5) is 2.56. The van der Waals surface area contributed by atoms with E-state index in [4.69, 9.17) is 0 Å². The van der Waals surface area contributed by atoms with E-state index >= 15 is 0 Å². The average Bonchev–Trinajstić information content (AvgIpc) is 2.96. The number of aryl methyl sites for hydroxylation is 1. The SMILES string of the molecule is CC(CN1CCCC1)NCc1cn(C)nc1C(C)C. The molecule has 108 valence electrons. The van der Waals surface area contributed by atoms with Gasteiger partial charge < -0.3 is 10.2 Å². The molecule has 0 spiro atoms. The maximum Gasteiger partial charge on any atom is 0.0694 e. The van der Waals surface area contributed by atoms with Gasteiger partial charge in [-0.25, -0.2) is 0 Å². The standard InChI is InChI=1S/C15H28N4/c1-12(2)15-14(11-18(4)17-15)9-16-13(3)10-19-7-5-6-8-19/h11-13,16H,5-10H2,1-4H3. The van der Waals surface area contributed by atoms with Crippen molar-refractivity contribution < 1.29 is 0 Å². The van der Waals surface area contributed by atoms with E-state index in [0.29, 0.717) is 12.0 Å². The van der Waals surface area contributed by atoms with Crippen molar-refractivity contribution in [2.45, 2.75) is 52.1 Å². The van der Waals surface area contributed by atoms with Crippen LogP contribution in [0.2, 0.25) is 0 Å². The molecule has 4 heteroatoms. The second-order valence-electron chi connectivity index (χ2n) is 6.16. The summed E-state index contributed by atoms with van der Waals surface area (Å²) in [5, 5.41) is 8.20. The van der Waals surface area contributed by atoms with Gasteiger partial charge in [-0.3, -0.25) is 4.68 Å². The number of nitrogens with zero attached hydrogens (tertiary/aromatic N) is 3. The monoisotopic (exact) mass is 264 g/mol. The van der Waals surface area contributed by atoms with Crippen LogP contribution in [-0.2, 0) is 13.6 Å². The van der Waals surface area contributed by atoms with E-state index in [2.05, 4.69) is 42.3 Å². The third-order valence-electron chi connectivity index (χ3n) is 3.86. The highest BCUT2D eigenvalue weighted by atomic mass is 15.3. The average molecular weight is 264 g/mol. The fraction of sp³-hybridized carbons (Fsp3) is 0.800. The van der Waals surface area contributed by atoms with Crippen LogP contribution < -0.4 is 5.32 Å². The molecule has 0 aliphatic carbocycles. The van der Waals surface area contributed by atoms with Crippen molar-refractivity contribution in [1.82, 2.24) is 20.0 Å². The van der Waals surface area contributed by atoms with Crippen molar-refractivity contribution in [2.24, 2.45) is 7.05 Å². The van der Waals surface area contributed by atoms with Crippen molar-refractivity contribution in [1.29, 1.82) is 0 Å². The first-order valence-corrected chi connectivity index (χ1v) is 7.54. The Balaban J connectivity index is 1.83. The van der Waals surface area contributed by atoms with Crippen molar-refractivity contribution >= 4 is 0 Å². The van der Waals surface area contributed by atoms with Crippen LogP contribution in [0.3, 0.4) is 0 Å². The van der Waals surface area contributed by atoms with Crippen molar-refractivity contribution in [3.05, 3.63) is 17.5 Å². The van der Waals surface area contributed by atoms with E-state index in [1.807, 2.05) is 11.7 Å². The molecule has 0 saturated carbocycles. The Morgan fingerprint density at radius 1 is 1.26 bits per heavy atom. The minimum Gasteiger partial charge on any atom is -0.309 e. The first kappa shape index (κ1) is 14.5. The van der Waals surface area contributed by atoms with E-state index in [9.17, 15) is 0 Å². The van der Waals surface area contributed by atoms with Crippen LogP contribution in [-0.4, -0.2) is 40.4 Å². The van der Waals surface area contributed by atoms with Crippen LogP contribution in [0.4, 0.5) is 0 Å². The number of aromatic nitrogens is 2. The Labute approximate surface area is 117 Å². The summed E-state index contributed by atoms with van der Waals surface area (Å²) in [6.45, 7) is 11.3. The van der Waals surface area contributed by atoms with Crippen LogP contribution in [0.15, 0.2) is 6.20 Å². The van der Waals surface area contributed by atoms with E-state index in [-0.39, 0.29) is 0 Å². The summed E-state index contributed by atoms with van der Waals surface area (Å²) in [7, 11) is 2.00. The maximum atomic E-state index is 4.56. The molecular weight excluding hydrogens is 236 g/mol. The van der Waals surface area contributed by atoms with Crippen LogP contribution in [0.5, 0.6) is 0 Å². The molecule has 1 aliphatic heterocycles. The van der Waals surface area contributed by atoms with Crippen molar-refractivity contribution in [3.8, 4) is 0 Å². The fourth-order valence-corrected chi connectivity index (χ4v) is 2.88. The molecule has 0 bridgehead atoms. The number of likely N-dealkylation sites (tertiary alicyclic amines) is 1. The quantitative estimate of drug-likeness (QED) is 0.854. The highest BCUT2D eigenvalue weighted by Gasteiger charge is 2.16. The lowest BCUT2D eigenvalue weighted by molar-refractivity contribution is 0.298. The van der Waals surface area contributed by atoms with Gasteiger partial charge in [-0.2, -0.15) is 5.10 Å². The highest BCUT2D eigenvalue weighted by Crippen LogP contribution is 2.17. The Bertz CT molecular complexity index is 391. The minimum absolute atomic E-state index is 0.492. The minimum atomic E-state index is 0.492. The second-order valence-corrected chi connectivity index (χ2v) is 6.16. The van der Waals surface area contributed by atoms with Crippen LogP contribution in [0.1, 0.15) is 50.8 Å². The topological polar surface area (TPSA) is 33.1 Å². The summed E-state index contributed by atoms with van der Waals surface area (Å²) >= 11 is 0. The van der Waals surface area contributed by atoms with E-state index < -0.39 is 0 Å². The Kier molecular flexibility index (Phi) is 4.99. The maximum absolute atomic E-state index is 4.56. The molecule has 1 aliphatic rings. The van der Waals surface area contributed by atoms with E-state index in [0.717, 1.165) is 13.1 Å². The molecule has 0 amide bonds. The third-order valence-corrected chi connectivity index (χ3v) is 3.86. The molecule has 2 rings (SSSR count). The lowest BCUT2D eigenvalue weighted by atomic mass is 10.1. The summed E-state index contributed by atoms with van der Waals surface area (Å²) < 4.78 is 1.93. The lowest BCUT2D eigenvalue weighted by Gasteiger charge is -2.21. The van der Waals surface area contributed by atoms with Crippen LogP contribution >= 0.6 is 0 Å². The number of hydrogen-bond donors (Lipinski definition) is 1. The molecule has 1 atom stereocenters. The van der Waals surface area contributed by atoms with Gasteiger partial charge >= 0.3 is 0 Å². The predicted molar refractivity (Wildman–Crippen MR) is 79.3 cm³/mol. The van der Waals surface area contributed by atoms with Gasteiger partial charge in [0.2, 0.25) is 0 Å². The molecule has 0 aromatic carbocycles. The van der Waals surface area contributed by atoms with Crippen molar-refractivity contribution in [2.75, 3.05) is 19.6 Å². The molecule has 1 N–H and O–H groups in total. The first-order valence-electron chi connectivity index (χ1n) is 7.54. The molecule has 19 heavy (non-hydrogen) atoms. The predicted octanol–water partition coefficient (Wildman–Crippen LogP) is 2.12. The molecule has 2 heterocycles. The van der Waals surface area contributed by atoms with Gasteiger partial charge in [-0.15, -0.1) is 0 Å². The molecule has 1 aromatic heterocycles. The van der Waals surface area contributed by atoms with Crippen LogP contribution in [0.25, 0.3) is 0 Å². The number of nitrogens with one attached hydrogen (secondary N) is 1. The summed E-state index contributed by atoms with van der Waals surface area (Å²) in [6, 6.07) is 0.540. The first-order chi connectivity index (χ1) is 9.06. The van der Waals surface area contributed by atoms with Gasteiger partial charge in [0.25, 0.3) is 0 Å². The zero-order valence-electron chi connectivity index (χ0n) is 12.8. The van der Waals surface area contributed by atoms with Gasteiger partial charge in [0.05, 0.1) is 5.69 Å². The molecule has 1 aromatic rings. The van der Waals surface area contributed by atoms with E-state index in [1.54, 1.807) is 0 Å². The fourth-order valence-electron chi connectivity index (χ4n) is 2.88. The molecule has 4 nitrogen and oxygen atoms in total. The van der Waals surface area contributed by atoms with Gasteiger partial charge in [0.15, 0.2) is 0 Å². The lowest BCUT2D eigenvalue weighted by Crippen LogP contribution is -2.37. The summed E-state index contributed by atoms with van der Waals surface area (Å²) in [5.74, 6) is 0.492. The normalized spacial score (nSPS) is 18.4. The van der Waals surface area contributed by atoms with Crippen LogP contribution in [0, 0.1) is 0 Å². The highest BCUT2D eigenvalue weighted by molar-refractivity contribution is 5.20. The summed E-state index contributed by atoms with van der Waals surface area (Å²) in [5.41, 5.74) is 2.56. The molecule has 1 unspecified atom stereocenters. The molecule has 0 radical (unpaired) electrons. The summed E-state index contributed by atoms with van der Waals surface area (Å²) in [6.07, 6.45) is 4.88. The van der Waals surface area contributed by atoms with Gasteiger partial charge in [0, 0.05) is 37.9 Å². The van der Waals surface area contributed by atoms with Gasteiger partial charge in [-0.1, -0.05) is 13.8 Å². The van der Waals surface area contributed by atoms with Crippen molar-refractivity contribution in [3.63, 3.8) is 0 Å².